The van der Waals surface area contributed by atoms with E-state index in [0.29, 0.717) is 40.1 Å². The summed E-state index contributed by atoms with van der Waals surface area (Å²) in [5.41, 5.74) is 1.80. The molecule has 9 nitrogen and oxygen atoms in total. The summed E-state index contributed by atoms with van der Waals surface area (Å²) in [6.45, 7) is 1.56. The molecular weight excluding hydrogens is 362 g/mol. The van der Waals surface area contributed by atoms with Crippen LogP contribution in [0.3, 0.4) is 0 Å². The minimum Gasteiger partial charge on any atom is -0.488 e. The Hall–Kier alpha value is -3.46. The average molecular weight is 381 g/mol. The lowest BCUT2D eigenvalue weighted by Crippen LogP contribution is -2.21. The number of aromatic nitrogens is 3. The number of methoxy groups -OCH3 is 1. The van der Waals surface area contributed by atoms with Gasteiger partial charge < -0.3 is 20.1 Å². The van der Waals surface area contributed by atoms with Gasteiger partial charge in [-0.3, -0.25) is 9.89 Å². The summed E-state index contributed by atoms with van der Waals surface area (Å²) in [7, 11) is 1.32. The number of benzene rings is 1. The van der Waals surface area contributed by atoms with Gasteiger partial charge in [-0.05, 0) is 31.2 Å². The Morgan fingerprint density at radius 1 is 1.25 bits per heavy atom. The van der Waals surface area contributed by atoms with Crippen molar-refractivity contribution >= 4 is 28.6 Å². The van der Waals surface area contributed by atoms with Crippen LogP contribution in [0.25, 0.3) is 11.0 Å². The van der Waals surface area contributed by atoms with Gasteiger partial charge in [0.1, 0.15) is 17.4 Å². The van der Waals surface area contributed by atoms with Crippen molar-refractivity contribution in [1.29, 1.82) is 0 Å². The third-order valence-electron chi connectivity index (χ3n) is 4.55. The zero-order valence-electron chi connectivity index (χ0n) is 15.2. The number of hydrogen-bond donors (Lipinski definition) is 3. The molecule has 1 amide bonds. The van der Waals surface area contributed by atoms with Gasteiger partial charge in [0.25, 0.3) is 5.91 Å². The maximum absolute atomic E-state index is 12.7. The number of fused-ring (bicyclic) bond motifs is 1. The molecule has 1 atom stereocenters. The van der Waals surface area contributed by atoms with Crippen molar-refractivity contribution in [1.82, 2.24) is 20.5 Å². The highest BCUT2D eigenvalue weighted by Gasteiger charge is 2.21. The topological polar surface area (TPSA) is 118 Å². The molecule has 0 aliphatic carbocycles. The van der Waals surface area contributed by atoms with Crippen LogP contribution < -0.4 is 15.4 Å². The molecule has 0 spiro atoms. The molecular formula is C19H19N5O4. The summed E-state index contributed by atoms with van der Waals surface area (Å²) in [5, 5.41) is 13.3. The van der Waals surface area contributed by atoms with Crippen LogP contribution in [-0.4, -0.2) is 53.4 Å². The number of amides is 1. The Balaban J connectivity index is 1.61. The third-order valence-corrected chi connectivity index (χ3v) is 4.55. The number of esters is 1. The van der Waals surface area contributed by atoms with E-state index in [2.05, 4.69) is 25.8 Å². The smallest absolute Gasteiger partial charge is 0.341 e. The van der Waals surface area contributed by atoms with Crippen molar-refractivity contribution in [3.8, 4) is 5.75 Å². The van der Waals surface area contributed by atoms with E-state index in [-0.39, 0.29) is 12.0 Å². The fourth-order valence-corrected chi connectivity index (χ4v) is 3.13. The van der Waals surface area contributed by atoms with Crippen molar-refractivity contribution in [2.75, 3.05) is 25.5 Å². The molecule has 1 aliphatic rings. The number of carbonyl (C=O) groups is 2. The van der Waals surface area contributed by atoms with Crippen molar-refractivity contribution in [2.45, 2.75) is 12.5 Å². The fourth-order valence-electron chi connectivity index (χ4n) is 3.13. The van der Waals surface area contributed by atoms with Gasteiger partial charge in [0.15, 0.2) is 5.65 Å². The highest BCUT2D eigenvalue weighted by atomic mass is 16.5. The molecule has 0 bridgehead atoms. The lowest BCUT2D eigenvalue weighted by atomic mass is 10.1. The zero-order chi connectivity index (χ0) is 19.5. The van der Waals surface area contributed by atoms with E-state index in [1.807, 2.05) is 0 Å². The second-order valence-electron chi connectivity index (χ2n) is 6.38. The molecule has 3 aromatic rings. The molecule has 28 heavy (non-hydrogen) atoms. The number of pyridine rings is 1. The number of carbonyl (C=O) groups excluding carboxylic acids is 2. The van der Waals surface area contributed by atoms with E-state index in [4.69, 9.17) is 9.47 Å². The quantitative estimate of drug-likeness (QED) is 0.576. The average Bonchev–Trinajstić information content (AvgIpc) is 3.39. The normalized spacial score (nSPS) is 16.1. The molecule has 2 aromatic heterocycles. The molecule has 0 radical (unpaired) electrons. The maximum atomic E-state index is 12.7. The van der Waals surface area contributed by atoms with Crippen LogP contribution in [0.5, 0.6) is 5.75 Å². The molecule has 9 heteroatoms. The van der Waals surface area contributed by atoms with Gasteiger partial charge in [0.05, 0.1) is 24.3 Å². The van der Waals surface area contributed by atoms with Gasteiger partial charge >= 0.3 is 5.97 Å². The Morgan fingerprint density at radius 3 is 2.93 bits per heavy atom. The highest BCUT2D eigenvalue weighted by Crippen LogP contribution is 2.27. The van der Waals surface area contributed by atoms with Crippen molar-refractivity contribution in [3.63, 3.8) is 0 Å². The van der Waals surface area contributed by atoms with Crippen LogP contribution in [0.4, 0.5) is 5.69 Å². The summed E-state index contributed by atoms with van der Waals surface area (Å²) in [6, 6.07) is 6.48. The SMILES string of the molecule is COC(=O)c1ccc(NC(=O)c2ccnc3[nH]ncc23)cc1OC1CCNC1. The van der Waals surface area contributed by atoms with E-state index in [9.17, 15) is 9.59 Å². The zero-order valence-corrected chi connectivity index (χ0v) is 15.2. The van der Waals surface area contributed by atoms with Crippen LogP contribution in [0, 0.1) is 0 Å². The second-order valence-corrected chi connectivity index (χ2v) is 6.38. The number of hydrogen-bond acceptors (Lipinski definition) is 7. The summed E-state index contributed by atoms with van der Waals surface area (Å²) < 4.78 is 10.8. The van der Waals surface area contributed by atoms with Gasteiger partial charge in [-0.1, -0.05) is 0 Å². The van der Waals surface area contributed by atoms with Gasteiger partial charge in [-0.2, -0.15) is 5.10 Å². The van der Waals surface area contributed by atoms with Crippen LogP contribution in [0.1, 0.15) is 27.1 Å². The Morgan fingerprint density at radius 2 is 2.14 bits per heavy atom. The first-order valence-corrected chi connectivity index (χ1v) is 8.85. The summed E-state index contributed by atoms with van der Waals surface area (Å²) in [6.07, 6.45) is 3.89. The summed E-state index contributed by atoms with van der Waals surface area (Å²) in [5.74, 6) is -0.428. The first-order valence-electron chi connectivity index (χ1n) is 8.85. The van der Waals surface area contributed by atoms with Crippen LogP contribution in [-0.2, 0) is 4.74 Å². The first kappa shape index (κ1) is 17.9. The number of anilines is 1. The number of nitrogens with zero attached hydrogens (tertiary/aromatic N) is 2. The monoisotopic (exact) mass is 381 g/mol. The van der Waals surface area contributed by atoms with Crippen molar-refractivity contribution in [2.24, 2.45) is 0 Å². The van der Waals surface area contributed by atoms with E-state index >= 15 is 0 Å². The third kappa shape index (κ3) is 3.52. The number of H-pyrrole nitrogens is 1. The predicted molar refractivity (Wildman–Crippen MR) is 102 cm³/mol. The molecule has 144 valence electrons. The lowest BCUT2D eigenvalue weighted by molar-refractivity contribution is 0.0593. The molecule has 1 aliphatic heterocycles. The van der Waals surface area contributed by atoms with Gasteiger partial charge in [-0.15, -0.1) is 0 Å². The Bertz CT molecular complexity index is 1030. The molecule has 3 heterocycles. The number of aromatic amines is 1. The van der Waals surface area contributed by atoms with Crippen molar-refractivity contribution in [3.05, 3.63) is 47.8 Å². The van der Waals surface area contributed by atoms with E-state index in [1.54, 1.807) is 30.5 Å². The Labute approximate surface area is 160 Å². The van der Waals surface area contributed by atoms with E-state index < -0.39 is 5.97 Å². The minimum atomic E-state index is -0.493. The first-order chi connectivity index (χ1) is 13.7. The number of rotatable bonds is 5. The number of ether oxygens (including phenoxy) is 2. The molecule has 1 unspecified atom stereocenters. The van der Waals surface area contributed by atoms with Gasteiger partial charge in [0.2, 0.25) is 0 Å². The van der Waals surface area contributed by atoms with E-state index in [0.717, 1.165) is 13.0 Å². The van der Waals surface area contributed by atoms with Crippen LogP contribution >= 0.6 is 0 Å². The van der Waals surface area contributed by atoms with Gasteiger partial charge in [-0.25, -0.2) is 9.78 Å². The largest absolute Gasteiger partial charge is 0.488 e. The molecule has 1 saturated heterocycles. The second kappa shape index (κ2) is 7.65. The highest BCUT2D eigenvalue weighted by molar-refractivity contribution is 6.11. The standard InChI is InChI=1S/C19H19N5O4/c1-27-19(26)14-3-2-11(8-16(14)28-12-4-6-20-9-12)23-18(25)13-5-7-21-17-15(13)10-22-24-17/h2-3,5,7-8,10,12,20H,4,6,9H2,1H3,(H,23,25)(H,21,22,24). The van der Waals surface area contributed by atoms with Crippen molar-refractivity contribution < 1.29 is 19.1 Å². The van der Waals surface area contributed by atoms with Crippen LogP contribution in [0.2, 0.25) is 0 Å². The summed E-state index contributed by atoms with van der Waals surface area (Å²) in [4.78, 5) is 28.9. The minimum absolute atomic E-state index is 0.0416. The fraction of sp³-hybridized carbons (Fsp3) is 0.263. The van der Waals surface area contributed by atoms with E-state index in [1.165, 1.54) is 13.3 Å². The molecule has 0 saturated carbocycles. The Kier molecular flexibility index (Phi) is 4.90. The molecule has 1 aromatic carbocycles. The molecule has 3 N–H and O–H groups in total. The van der Waals surface area contributed by atoms with Crippen LogP contribution in [0.15, 0.2) is 36.7 Å². The number of nitrogens with one attached hydrogen (secondary N) is 3. The summed E-state index contributed by atoms with van der Waals surface area (Å²) >= 11 is 0. The lowest BCUT2D eigenvalue weighted by Gasteiger charge is -2.16. The van der Waals surface area contributed by atoms with Gasteiger partial charge in [0, 0.05) is 24.5 Å². The predicted octanol–water partition coefficient (Wildman–Crippen LogP) is 1.74. The molecule has 4 rings (SSSR count). The molecule has 1 fully saturated rings. The maximum Gasteiger partial charge on any atom is 0.341 e.